The number of rotatable bonds is 8. The molecule has 0 aliphatic heterocycles. The Morgan fingerprint density at radius 1 is 1.42 bits per heavy atom. The Bertz CT molecular complexity index is 506. The molecule has 5 nitrogen and oxygen atoms in total. The maximum absolute atomic E-state index is 10.8. The van der Waals surface area contributed by atoms with Crippen LogP contribution in [0.4, 0.5) is 0 Å². The molecule has 0 aliphatic carbocycles. The van der Waals surface area contributed by atoms with E-state index >= 15 is 0 Å². The van der Waals surface area contributed by atoms with E-state index in [4.69, 9.17) is 9.88 Å². The molecule has 0 unspecified atom stereocenters. The zero-order chi connectivity index (χ0) is 14.3. The van der Waals surface area contributed by atoms with Crippen LogP contribution in [0.2, 0.25) is 0 Å². The van der Waals surface area contributed by atoms with Crippen LogP contribution in [-0.2, 0) is 16.6 Å². The van der Waals surface area contributed by atoms with Crippen LogP contribution >= 0.6 is 15.9 Å². The third-order valence-corrected chi connectivity index (χ3v) is 3.63. The molecule has 0 saturated carbocycles. The summed E-state index contributed by atoms with van der Waals surface area (Å²) in [7, 11) is -3.41. The Balaban J connectivity index is 2.57. The van der Waals surface area contributed by atoms with Gasteiger partial charge < -0.3 is 10.1 Å². The predicted octanol–water partition coefficient (Wildman–Crippen LogP) is 1.62. The number of ether oxygens (including phenoxy) is 1. The molecule has 0 aromatic heterocycles. The molecule has 0 atom stereocenters. The fourth-order valence-corrected chi connectivity index (χ4v) is 2.31. The van der Waals surface area contributed by atoms with E-state index in [0.717, 1.165) is 22.2 Å². The Labute approximate surface area is 122 Å². The highest BCUT2D eigenvalue weighted by Crippen LogP contribution is 2.23. The lowest BCUT2D eigenvalue weighted by Crippen LogP contribution is -2.27. The second-order valence-corrected chi connectivity index (χ2v) is 6.79. The number of primary sulfonamides is 1. The van der Waals surface area contributed by atoms with Gasteiger partial charge >= 0.3 is 0 Å². The molecule has 0 amide bonds. The monoisotopic (exact) mass is 350 g/mol. The molecule has 0 radical (unpaired) electrons. The van der Waals surface area contributed by atoms with Crippen molar-refractivity contribution in [3.63, 3.8) is 0 Å². The SMILES string of the molecule is CCCOc1ccc(Br)cc1CNCCS(N)(=O)=O. The van der Waals surface area contributed by atoms with E-state index in [2.05, 4.69) is 21.2 Å². The molecular formula is C12H19BrN2O3S. The van der Waals surface area contributed by atoms with Gasteiger partial charge in [0.25, 0.3) is 0 Å². The molecule has 0 heterocycles. The first kappa shape index (κ1) is 16.4. The van der Waals surface area contributed by atoms with Gasteiger partial charge in [-0.1, -0.05) is 22.9 Å². The Morgan fingerprint density at radius 2 is 2.16 bits per heavy atom. The zero-order valence-corrected chi connectivity index (χ0v) is 13.3. The summed E-state index contributed by atoms with van der Waals surface area (Å²) in [6.07, 6.45) is 0.939. The molecule has 1 aromatic carbocycles. The van der Waals surface area contributed by atoms with Gasteiger partial charge in [-0.3, -0.25) is 0 Å². The van der Waals surface area contributed by atoms with Crippen LogP contribution in [-0.4, -0.2) is 27.3 Å². The van der Waals surface area contributed by atoms with Crippen LogP contribution < -0.4 is 15.2 Å². The third-order valence-electron chi connectivity index (χ3n) is 2.36. The number of sulfonamides is 1. The van der Waals surface area contributed by atoms with Crippen molar-refractivity contribution >= 4 is 26.0 Å². The second-order valence-electron chi connectivity index (χ2n) is 4.14. The van der Waals surface area contributed by atoms with Crippen LogP contribution in [0.5, 0.6) is 5.75 Å². The normalized spacial score (nSPS) is 11.5. The van der Waals surface area contributed by atoms with E-state index in [1.54, 1.807) is 0 Å². The summed E-state index contributed by atoms with van der Waals surface area (Å²) in [5, 5.41) is 7.98. The number of benzene rings is 1. The molecular weight excluding hydrogens is 332 g/mol. The van der Waals surface area contributed by atoms with Crippen molar-refractivity contribution in [1.82, 2.24) is 5.32 Å². The van der Waals surface area contributed by atoms with Crippen molar-refractivity contribution in [3.8, 4) is 5.75 Å². The van der Waals surface area contributed by atoms with E-state index < -0.39 is 10.0 Å². The summed E-state index contributed by atoms with van der Waals surface area (Å²) < 4.78 is 28.2. The van der Waals surface area contributed by atoms with Crippen molar-refractivity contribution < 1.29 is 13.2 Å². The number of halogens is 1. The highest BCUT2D eigenvalue weighted by molar-refractivity contribution is 9.10. The molecule has 19 heavy (non-hydrogen) atoms. The fraction of sp³-hybridized carbons (Fsp3) is 0.500. The first-order valence-corrected chi connectivity index (χ1v) is 8.55. The minimum absolute atomic E-state index is 0.0772. The van der Waals surface area contributed by atoms with Gasteiger partial charge in [0.15, 0.2) is 0 Å². The molecule has 0 spiro atoms. The third kappa shape index (κ3) is 6.91. The van der Waals surface area contributed by atoms with Crippen molar-refractivity contribution in [3.05, 3.63) is 28.2 Å². The van der Waals surface area contributed by atoms with Crippen LogP contribution in [0.25, 0.3) is 0 Å². The molecule has 0 saturated heterocycles. The number of nitrogens with two attached hydrogens (primary N) is 1. The highest BCUT2D eigenvalue weighted by atomic mass is 79.9. The molecule has 1 aromatic rings. The summed E-state index contributed by atoms with van der Waals surface area (Å²) in [6.45, 7) is 3.56. The minimum Gasteiger partial charge on any atom is -0.493 e. The molecule has 0 aliphatic rings. The first-order valence-electron chi connectivity index (χ1n) is 6.05. The van der Waals surface area contributed by atoms with Gasteiger partial charge in [0.2, 0.25) is 10.0 Å². The molecule has 0 bridgehead atoms. The lowest BCUT2D eigenvalue weighted by Gasteiger charge is -2.12. The van der Waals surface area contributed by atoms with Gasteiger partial charge in [0, 0.05) is 23.1 Å². The standard InChI is InChI=1S/C12H19BrN2O3S/c1-2-6-18-12-4-3-11(13)8-10(12)9-15-5-7-19(14,16)17/h3-4,8,15H,2,5-7,9H2,1H3,(H2,14,16,17). The number of hydrogen-bond acceptors (Lipinski definition) is 4. The summed E-state index contributed by atoms with van der Waals surface area (Å²) in [5.74, 6) is 0.736. The van der Waals surface area contributed by atoms with Crippen molar-refractivity contribution in [2.24, 2.45) is 5.14 Å². The van der Waals surface area contributed by atoms with E-state index in [0.29, 0.717) is 19.7 Å². The number of hydrogen-bond donors (Lipinski definition) is 2. The topological polar surface area (TPSA) is 81.4 Å². The predicted molar refractivity (Wildman–Crippen MR) is 79.6 cm³/mol. The highest BCUT2D eigenvalue weighted by Gasteiger charge is 2.06. The van der Waals surface area contributed by atoms with Gasteiger partial charge in [-0.05, 0) is 24.6 Å². The summed E-state index contributed by atoms with van der Waals surface area (Å²) >= 11 is 3.41. The van der Waals surface area contributed by atoms with Crippen LogP contribution in [0, 0.1) is 0 Å². The Morgan fingerprint density at radius 3 is 2.79 bits per heavy atom. The molecule has 0 fully saturated rings. The maximum atomic E-state index is 10.8. The van der Waals surface area contributed by atoms with E-state index in [9.17, 15) is 8.42 Å². The van der Waals surface area contributed by atoms with Crippen molar-refractivity contribution in [2.45, 2.75) is 19.9 Å². The average molecular weight is 351 g/mol. The number of nitrogens with one attached hydrogen (secondary N) is 1. The molecule has 1 rings (SSSR count). The summed E-state index contributed by atoms with van der Waals surface area (Å²) in [6, 6.07) is 5.77. The maximum Gasteiger partial charge on any atom is 0.210 e. The molecule has 3 N–H and O–H groups in total. The second kappa shape index (κ2) is 7.84. The Kier molecular flexibility index (Phi) is 6.78. The summed E-state index contributed by atoms with van der Waals surface area (Å²) in [4.78, 5) is 0. The quantitative estimate of drug-likeness (QED) is 0.698. The first-order chi connectivity index (χ1) is 8.92. The zero-order valence-electron chi connectivity index (χ0n) is 10.9. The molecule has 7 heteroatoms. The van der Waals surface area contributed by atoms with Gasteiger partial charge in [-0.2, -0.15) is 0 Å². The smallest absolute Gasteiger partial charge is 0.210 e. The van der Waals surface area contributed by atoms with E-state index in [1.807, 2.05) is 25.1 Å². The van der Waals surface area contributed by atoms with Gasteiger partial charge in [-0.15, -0.1) is 0 Å². The van der Waals surface area contributed by atoms with E-state index in [1.165, 1.54) is 0 Å². The van der Waals surface area contributed by atoms with Crippen LogP contribution in [0.1, 0.15) is 18.9 Å². The minimum atomic E-state index is -3.41. The van der Waals surface area contributed by atoms with E-state index in [-0.39, 0.29) is 5.75 Å². The molecule has 108 valence electrons. The van der Waals surface area contributed by atoms with Gasteiger partial charge in [-0.25, -0.2) is 13.6 Å². The summed E-state index contributed by atoms with van der Waals surface area (Å²) in [5.41, 5.74) is 0.984. The van der Waals surface area contributed by atoms with Gasteiger partial charge in [0.05, 0.1) is 12.4 Å². The Hall–Kier alpha value is -0.630. The average Bonchev–Trinajstić information content (AvgIpc) is 2.32. The lowest BCUT2D eigenvalue weighted by molar-refractivity contribution is 0.313. The largest absolute Gasteiger partial charge is 0.493 e. The van der Waals surface area contributed by atoms with Crippen molar-refractivity contribution in [1.29, 1.82) is 0 Å². The van der Waals surface area contributed by atoms with Gasteiger partial charge in [0.1, 0.15) is 5.75 Å². The van der Waals surface area contributed by atoms with Crippen molar-refractivity contribution in [2.75, 3.05) is 18.9 Å². The van der Waals surface area contributed by atoms with Crippen LogP contribution in [0.15, 0.2) is 22.7 Å². The fourth-order valence-electron chi connectivity index (χ4n) is 1.48. The lowest BCUT2D eigenvalue weighted by atomic mass is 10.2. The van der Waals surface area contributed by atoms with Crippen LogP contribution in [0.3, 0.4) is 0 Å².